The van der Waals surface area contributed by atoms with Gasteiger partial charge >= 0.3 is 0 Å². The maximum absolute atomic E-state index is 11.5. The smallest absolute Gasteiger partial charge is 0.0923 e. The van der Waals surface area contributed by atoms with Crippen LogP contribution in [0.15, 0.2) is 54.7 Å². The fourth-order valence-corrected chi connectivity index (χ4v) is 6.72. The van der Waals surface area contributed by atoms with Gasteiger partial charge in [0.2, 0.25) is 0 Å². The summed E-state index contributed by atoms with van der Waals surface area (Å²) in [4.78, 5) is 2.54. The van der Waals surface area contributed by atoms with Crippen molar-refractivity contribution in [3.63, 3.8) is 0 Å². The number of piperidine rings is 1. The summed E-state index contributed by atoms with van der Waals surface area (Å²) < 4.78 is 2.27. The van der Waals surface area contributed by atoms with Gasteiger partial charge in [-0.15, -0.1) is 0 Å². The molecule has 33 heavy (non-hydrogen) atoms. The van der Waals surface area contributed by atoms with Crippen LogP contribution in [-0.2, 0) is 19.1 Å². The predicted octanol–water partition coefficient (Wildman–Crippen LogP) is 4.73. The fourth-order valence-electron chi connectivity index (χ4n) is 6.59. The van der Waals surface area contributed by atoms with E-state index in [1.54, 1.807) is 0 Å². The molecule has 1 saturated heterocycles. The summed E-state index contributed by atoms with van der Waals surface area (Å²) in [5, 5.41) is 17.3. The van der Waals surface area contributed by atoms with Crippen molar-refractivity contribution in [2.45, 2.75) is 43.4 Å². The fraction of sp³-hybridized carbons (Fsp3) is 0.429. The van der Waals surface area contributed by atoms with Gasteiger partial charge in [-0.1, -0.05) is 41.9 Å². The van der Waals surface area contributed by atoms with E-state index in [0.29, 0.717) is 17.0 Å². The first-order valence-corrected chi connectivity index (χ1v) is 12.5. The number of fused-ring (bicyclic) bond motifs is 2. The third kappa shape index (κ3) is 3.64. The minimum Gasteiger partial charge on any atom is -0.385 e. The Morgan fingerprint density at radius 2 is 1.97 bits per heavy atom. The minimum absolute atomic E-state index is 0.290. The zero-order chi connectivity index (χ0) is 22.7. The topological polar surface area (TPSA) is 40.4 Å². The van der Waals surface area contributed by atoms with Crippen LogP contribution in [0.3, 0.4) is 0 Å². The van der Waals surface area contributed by atoms with Gasteiger partial charge in [0.05, 0.1) is 5.60 Å². The van der Waals surface area contributed by atoms with E-state index < -0.39 is 5.60 Å². The average Bonchev–Trinajstić information content (AvgIpc) is 3.12. The van der Waals surface area contributed by atoms with Gasteiger partial charge in [-0.05, 0) is 85.7 Å². The highest BCUT2D eigenvalue weighted by molar-refractivity contribution is 6.30. The molecule has 4 atom stereocenters. The Hall–Kier alpha value is -2.11. The first-order valence-electron chi connectivity index (χ1n) is 12.1. The van der Waals surface area contributed by atoms with Crippen LogP contribution in [-0.4, -0.2) is 46.8 Å². The summed E-state index contributed by atoms with van der Waals surface area (Å²) in [7, 11) is 4.43. The molecule has 2 aliphatic heterocycles. The van der Waals surface area contributed by atoms with Crippen molar-refractivity contribution in [1.29, 1.82) is 0 Å². The maximum atomic E-state index is 11.5. The lowest BCUT2D eigenvalue weighted by atomic mass is 9.76. The van der Waals surface area contributed by atoms with E-state index in [4.69, 9.17) is 11.6 Å². The molecule has 5 heteroatoms. The second kappa shape index (κ2) is 7.99. The van der Waals surface area contributed by atoms with Crippen LogP contribution in [0, 0.1) is 5.92 Å². The Bertz CT molecular complexity index is 1230. The van der Waals surface area contributed by atoms with Gasteiger partial charge in [-0.25, -0.2) is 0 Å². The van der Waals surface area contributed by atoms with Crippen molar-refractivity contribution < 1.29 is 5.11 Å². The quantitative estimate of drug-likeness (QED) is 0.592. The van der Waals surface area contributed by atoms with Crippen molar-refractivity contribution in [1.82, 2.24) is 14.8 Å². The molecular weight excluding hydrogens is 430 g/mol. The van der Waals surface area contributed by atoms with Crippen molar-refractivity contribution in [3.05, 3.63) is 76.5 Å². The first-order chi connectivity index (χ1) is 15.9. The van der Waals surface area contributed by atoms with Gasteiger partial charge in [0.25, 0.3) is 0 Å². The Morgan fingerprint density at radius 3 is 2.79 bits per heavy atom. The van der Waals surface area contributed by atoms with Crippen LogP contribution in [0.1, 0.15) is 36.0 Å². The number of nitrogens with zero attached hydrogens (tertiary/aromatic N) is 2. The molecule has 0 saturated carbocycles. The predicted molar refractivity (Wildman–Crippen MR) is 135 cm³/mol. The molecule has 3 heterocycles. The number of aliphatic hydroxyl groups is 1. The van der Waals surface area contributed by atoms with Crippen molar-refractivity contribution in [3.8, 4) is 0 Å². The van der Waals surface area contributed by atoms with E-state index in [1.165, 1.54) is 27.6 Å². The summed E-state index contributed by atoms with van der Waals surface area (Å²) in [6, 6.07) is 15.2. The van der Waals surface area contributed by atoms with E-state index in [-0.39, 0.29) is 6.04 Å². The van der Waals surface area contributed by atoms with Gasteiger partial charge in [-0.2, -0.15) is 0 Å². The lowest BCUT2D eigenvalue weighted by Crippen LogP contribution is -2.49. The van der Waals surface area contributed by atoms with E-state index in [9.17, 15) is 5.11 Å². The normalized spacial score (nSPS) is 29.7. The maximum Gasteiger partial charge on any atom is 0.0923 e. The summed E-state index contributed by atoms with van der Waals surface area (Å²) in [5.74, 6) is 0.465. The second-order valence-corrected chi connectivity index (χ2v) is 10.8. The molecule has 6 rings (SSSR count). The molecule has 2 unspecified atom stereocenters. The van der Waals surface area contributed by atoms with Crippen molar-refractivity contribution in [2.24, 2.45) is 13.0 Å². The number of likely N-dealkylation sites (N-methyl/N-ethyl adjacent to an activating group) is 1. The highest BCUT2D eigenvalue weighted by Crippen LogP contribution is 2.42. The van der Waals surface area contributed by atoms with E-state index >= 15 is 0 Å². The third-order valence-corrected chi connectivity index (χ3v) is 8.42. The molecule has 3 aromatic rings. The molecule has 0 spiro atoms. The number of aryl methyl sites for hydroxylation is 1. The molecule has 1 aliphatic carbocycles. The minimum atomic E-state index is -0.786. The summed E-state index contributed by atoms with van der Waals surface area (Å²) >= 11 is 6.08. The van der Waals surface area contributed by atoms with Crippen molar-refractivity contribution in [2.75, 3.05) is 20.1 Å². The van der Waals surface area contributed by atoms with Crippen LogP contribution < -0.4 is 5.32 Å². The lowest BCUT2D eigenvalue weighted by molar-refractivity contribution is -0.0120. The van der Waals surface area contributed by atoms with Crippen LogP contribution in [0.25, 0.3) is 16.5 Å². The molecule has 1 fully saturated rings. The van der Waals surface area contributed by atoms with Gasteiger partial charge in [0, 0.05) is 47.8 Å². The number of nitrogens with one attached hydrogen (secondary N) is 1. The highest BCUT2D eigenvalue weighted by atomic mass is 35.5. The number of rotatable bonds is 3. The van der Waals surface area contributed by atoms with Gasteiger partial charge in [-0.3, -0.25) is 4.90 Å². The molecule has 3 aliphatic rings. The first kappa shape index (κ1) is 21.4. The van der Waals surface area contributed by atoms with E-state index in [0.717, 1.165) is 44.3 Å². The number of benzene rings is 2. The van der Waals surface area contributed by atoms with Gasteiger partial charge < -0.3 is 15.0 Å². The largest absolute Gasteiger partial charge is 0.385 e. The standard InChI is InChI=1S/C28H32ClN3O/c1-31-16-18(12-22-15-28(33,10-11-30-22)20-6-8-21(29)9-7-20)13-24-23-4-3-5-25-27(23)19(14-26(24)31)17-32(25)2/h3-9,13,17-18,22,26,30,33H,10-12,14-16H2,1-2H3/t18-,22?,26+,28?/m0/s1. The number of hydrogen-bond acceptors (Lipinski definition) is 3. The molecule has 2 N–H and O–H groups in total. The van der Waals surface area contributed by atoms with Crippen molar-refractivity contribution >= 4 is 28.1 Å². The zero-order valence-electron chi connectivity index (χ0n) is 19.4. The Kier molecular flexibility index (Phi) is 5.19. The summed E-state index contributed by atoms with van der Waals surface area (Å²) in [6.07, 6.45) is 8.45. The Labute approximate surface area is 200 Å². The Morgan fingerprint density at radius 1 is 1.15 bits per heavy atom. The second-order valence-electron chi connectivity index (χ2n) is 10.4. The SMILES string of the molecule is CN1C[C@@H](CC2CC(O)(c3ccc(Cl)cc3)CCN2)C=C2c3cccc4c3c(cn4C)C[C@H]21. The van der Waals surface area contributed by atoms with Crippen LogP contribution in [0.2, 0.25) is 5.02 Å². The summed E-state index contributed by atoms with van der Waals surface area (Å²) in [6.45, 7) is 1.89. The van der Waals surface area contributed by atoms with Gasteiger partial charge in [0.15, 0.2) is 0 Å². The monoisotopic (exact) mass is 461 g/mol. The zero-order valence-corrected chi connectivity index (χ0v) is 20.1. The third-order valence-electron chi connectivity index (χ3n) is 8.17. The number of halogens is 1. The molecule has 172 valence electrons. The summed E-state index contributed by atoms with van der Waals surface area (Å²) in [5.41, 5.74) is 5.89. The molecule has 0 bridgehead atoms. The number of aromatic nitrogens is 1. The molecular formula is C28H32ClN3O. The highest BCUT2D eigenvalue weighted by Gasteiger charge is 2.38. The molecule has 4 nitrogen and oxygen atoms in total. The molecule has 0 amide bonds. The molecule has 2 aromatic carbocycles. The average molecular weight is 462 g/mol. The van der Waals surface area contributed by atoms with Crippen LogP contribution in [0.4, 0.5) is 0 Å². The number of hydrogen-bond donors (Lipinski definition) is 2. The lowest BCUT2D eigenvalue weighted by Gasteiger charge is -2.43. The van der Waals surface area contributed by atoms with E-state index in [2.05, 4.69) is 59.4 Å². The van der Waals surface area contributed by atoms with E-state index in [1.807, 2.05) is 24.3 Å². The van der Waals surface area contributed by atoms with Crippen LogP contribution in [0.5, 0.6) is 0 Å². The Balaban J connectivity index is 1.27. The van der Waals surface area contributed by atoms with Gasteiger partial charge in [0.1, 0.15) is 0 Å². The molecule has 1 aromatic heterocycles. The van der Waals surface area contributed by atoms with Crippen LogP contribution >= 0.6 is 11.6 Å². The molecule has 0 radical (unpaired) electrons.